The molecule has 3 aromatic rings. The Morgan fingerprint density at radius 2 is 2.07 bits per heavy atom. The minimum absolute atomic E-state index is 0.0937. The second-order valence-corrected chi connectivity index (χ2v) is 8.37. The molecule has 2 heterocycles. The Morgan fingerprint density at radius 3 is 2.87 bits per heavy atom. The first kappa shape index (κ1) is 20.0. The molecule has 4 rings (SSSR count). The minimum Gasteiger partial charge on any atom is -0.359 e. The second-order valence-electron chi connectivity index (χ2n) is 7.25. The van der Waals surface area contributed by atoms with E-state index in [9.17, 15) is 14.4 Å². The summed E-state index contributed by atoms with van der Waals surface area (Å²) >= 11 is 1.22. The van der Waals surface area contributed by atoms with Gasteiger partial charge in [0, 0.05) is 24.3 Å². The van der Waals surface area contributed by atoms with Gasteiger partial charge in [-0.1, -0.05) is 12.1 Å². The molecule has 0 unspecified atom stereocenters. The van der Waals surface area contributed by atoms with Crippen molar-refractivity contribution < 1.29 is 9.59 Å². The molecule has 0 radical (unpaired) electrons. The molecular formula is C22H22N4O3S. The van der Waals surface area contributed by atoms with Crippen LogP contribution in [0.15, 0.2) is 41.5 Å². The summed E-state index contributed by atoms with van der Waals surface area (Å²) in [6.45, 7) is 1.74. The van der Waals surface area contributed by atoms with Gasteiger partial charge in [-0.2, -0.15) is 0 Å². The van der Waals surface area contributed by atoms with Crippen LogP contribution in [0.25, 0.3) is 5.69 Å². The monoisotopic (exact) mass is 422 g/mol. The Morgan fingerprint density at radius 1 is 1.23 bits per heavy atom. The summed E-state index contributed by atoms with van der Waals surface area (Å²) in [6, 6.07) is 7.75. The molecule has 8 heteroatoms. The van der Waals surface area contributed by atoms with Gasteiger partial charge in [0.25, 0.3) is 11.5 Å². The summed E-state index contributed by atoms with van der Waals surface area (Å²) in [5.41, 5.74) is 3.62. The number of hydrogen-bond acceptors (Lipinski definition) is 5. The molecule has 0 atom stereocenters. The fraction of sp³-hybridized carbons (Fsp3) is 0.273. The fourth-order valence-corrected chi connectivity index (χ4v) is 4.58. The molecule has 0 spiro atoms. The first-order valence-electron chi connectivity index (χ1n) is 9.78. The van der Waals surface area contributed by atoms with Crippen molar-refractivity contribution in [2.45, 2.75) is 32.6 Å². The number of benzene rings is 1. The van der Waals surface area contributed by atoms with Crippen molar-refractivity contribution in [2.75, 3.05) is 12.4 Å². The molecule has 0 aliphatic heterocycles. The number of pyridine rings is 1. The largest absolute Gasteiger partial charge is 0.359 e. The predicted octanol–water partition coefficient (Wildman–Crippen LogP) is 2.63. The maximum Gasteiger partial charge on any atom is 0.268 e. The summed E-state index contributed by atoms with van der Waals surface area (Å²) in [5, 5.41) is 5.61. The Labute approximate surface area is 177 Å². The number of aryl methyl sites for hydroxylation is 2. The number of thiazole rings is 1. The predicted molar refractivity (Wildman–Crippen MR) is 117 cm³/mol. The van der Waals surface area contributed by atoms with Crippen LogP contribution in [0.2, 0.25) is 0 Å². The number of anilines is 1. The fourth-order valence-electron chi connectivity index (χ4n) is 3.77. The standard InChI is InChI=1S/C22H22N4O3S/c1-13-9-10-26(17-8-4-6-14-5-3-7-16(14)17)21(29)19(13)20(28)25-22-24-12-15(30-22)11-18(27)23-2/h4,6,8-10,12H,3,5,7,11H2,1-2H3,(H,23,27)(H,24,25,28). The third-order valence-corrected chi connectivity index (χ3v) is 6.21. The Hall–Kier alpha value is -3.26. The van der Waals surface area contributed by atoms with Gasteiger partial charge in [-0.3, -0.25) is 24.3 Å². The molecule has 0 saturated heterocycles. The Kier molecular flexibility index (Phi) is 5.50. The van der Waals surface area contributed by atoms with E-state index >= 15 is 0 Å². The van der Waals surface area contributed by atoms with Gasteiger partial charge in [0.15, 0.2) is 5.13 Å². The van der Waals surface area contributed by atoms with Crippen molar-refractivity contribution in [1.29, 1.82) is 0 Å². The quantitative estimate of drug-likeness (QED) is 0.661. The third-order valence-electron chi connectivity index (χ3n) is 5.30. The van der Waals surface area contributed by atoms with Crippen LogP contribution in [-0.4, -0.2) is 28.4 Å². The molecule has 1 aliphatic rings. The van der Waals surface area contributed by atoms with Gasteiger partial charge < -0.3 is 5.32 Å². The van der Waals surface area contributed by atoms with Crippen LogP contribution in [0.3, 0.4) is 0 Å². The summed E-state index contributed by atoms with van der Waals surface area (Å²) in [7, 11) is 1.57. The molecule has 0 saturated carbocycles. The van der Waals surface area contributed by atoms with Crippen LogP contribution in [0.5, 0.6) is 0 Å². The van der Waals surface area contributed by atoms with Crippen molar-refractivity contribution in [3.05, 3.63) is 74.1 Å². The lowest BCUT2D eigenvalue weighted by atomic mass is 10.1. The lowest BCUT2D eigenvalue weighted by Crippen LogP contribution is -2.29. The van der Waals surface area contributed by atoms with Gasteiger partial charge in [-0.25, -0.2) is 4.98 Å². The average Bonchev–Trinajstić information content (AvgIpc) is 3.37. The van der Waals surface area contributed by atoms with Gasteiger partial charge in [0.2, 0.25) is 5.91 Å². The van der Waals surface area contributed by atoms with E-state index in [1.165, 1.54) is 22.5 Å². The molecule has 1 aromatic carbocycles. The van der Waals surface area contributed by atoms with E-state index < -0.39 is 5.91 Å². The molecule has 30 heavy (non-hydrogen) atoms. The van der Waals surface area contributed by atoms with Crippen molar-refractivity contribution in [3.8, 4) is 5.69 Å². The zero-order valence-electron chi connectivity index (χ0n) is 16.8. The van der Waals surface area contributed by atoms with E-state index in [1.54, 1.807) is 37.0 Å². The van der Waals surface area contributed by atoms with Gasteiger partial charge in [-0.15, -0.1) is 11.3 Å². The number of carbonyl (C=O) groups excluding carboxylic acids is 2. The van der Waals surface area contributed by atoms with Crippen molar-refractivity contribution in [2.24, 2.45) is 0 Å². The number of nitrogens with zero attached hydrogens (tertiary/aromatic N) is 2. The molecule has 0 bridgehead atoms. The smallest absolute Gasteiger partial charge is 0.268 e. The van der Waals surface area contributed by atoms with Crippen LogP contribution in [0.1, 0.15) is 38.3 Å². The normalized spacial score (nSPS) is 12.5. The second kappa shape index (κ2) is 8.23. The highest BCUT2D eigenvalue weighted by Crippen LogP contribution is 2.27. The SMILES string of the molecule is CNC(=O)Cc1cnc(NC(=O)c2c(C)ccn(-c3cccc4c3CCC4)c2=O)s1. The zero-order chi connectivity index (χ0) is 21.3. The zero-order valence-corrected chi connectivity index (χ0v) is 17.6. The van der Waals surface area contributed by atoms with E-state index in [2.05, 4.69) is 21.7 Å². The van der Waals surface area contributed by atoms with E-state index in [1.807, 2.05) is 12.1 Å². The van der Waals surface area contributed by atoms with Crippen LogP contribution < -0.4 is 16.2 Å². The number of carbonyl (C=O) groups is 2. The molecule has 1 aliphatic carbocycles. The first-order valence-corrected chi connectivity index (χ1v) is 10.6. The number of aromatic nitrogens is 2. The third kappa shape index (κ3) is 3.78. The number of rotatable bonds is 5. The molecule has 154 valence electrons. The van der Waals surface area contributed by atoms with Crippen molar-refractivity contribution >= 4 is 28.3 Å². The topological polar surface area (TPSA) is 93.1 Å². The molecule has 2 amide bonds. The molecule has 2 N–H and O–H groups in total. The number of amides is 2. The summed E-state index contributed by atoms with van der Waals surface area (Å²) in [5.74, 6) is -0.631. The highest BCUT2D eigenvalue weighted by Gasteiger charge is 2.21. The van der Waals surface area contributed by atoms with Gasteiger partial charge >= 0.3 is 0 Å². The van der Waals surface area contributed by atoms with Crippen LogP contribution in [0.4, 0.5) is 5.13 Å². The van der Waals surface area contributed by atoms with Crippen molar-refractivity contribution in [3.63, 3.8) is 0 Å². The first-order chi connectivity index (χ1) is 14.5. The van der Waals surface area contributed by atoms with Gasteiger partial charge in [0.05, 0.1) is 12.1 Å². The highest BCUT2D eigenvalue weighted by atomic mass is 32.1. The summed E-state index contributed by atoms with van der Waals surface area (Å²) in [6.07, 6.45) is 6.50. The van der Waals surface area contributed by atoms with E-state index in [0.717, 1.165) is 29.8 Å². The van der Waals surface area contributed by atoms with E-state index in [4.69, 9.17) is 0 Å². The number of hydrogen-bond donors (Lipinski definition) is 2. The average molecular weight is 423 g/mol. The number of fused-ring (bicyclic) bond motifs is 1. The molecule has 0 fully saturated rings. The molecular weight excluding hydrogens is 400 g/mol. The Balaban J connectivity index is 1.65. The summed E-state index contributed by atoms with van der Waals surface area (Å²) < 4.78 is 1.56. The lowest BCUT2D eigenvalue weighted by molar-refractivity contribution is -0.119. The van der Waals surface area contributed by atoms with Gasteiger partial charge in [-0.05, 0) is 55.0 Å². The maximum absolute atomic E-state index is 13.2. The van der Waals surface area contributed by atoms with Crippen LogP contribution in [-0.2, 0) is 24.1 Å². The molecule has 7 nitrogen and oxygen atoms in total. The lowest BCUT2D eigenvalue weighted by Gasteiger charge is -2.14. The van der Waals surface area contributed by atoms with Gasteiger partial charge in [0.1, 0.15) is 5.56 Å². The summed E-state index contributed by atoms with van der Waals surface area (Å²) in [4.78, 5) is 42.6. The van der Waals surface area contributed by atoms with E-state index in [0.29, 0.717) is 10.7 Å². The van der Waals surface area contributed by atoms with Crippen LogP contribution in [0, 0.1) is 6.92 Å². The molecule has 2 aromatic heterocycles. The van der Waals surface area contributed by atoms with Crippen molar-refractivity contribution in [1.82, 2.24) is 14.9 Å². The maximum atomic E-state index is 13.2. The number of nitrogens with one attached hydrogen (secondary N) is 2. The van der Waals surface area contributed by atoms with E-state index in [-0.39, 0.29) is 23.5 Å². The minimum atomic E-state index is -0.500. The highest BCUT2D eigenvalue weighted by molar-refractivity contribution is 7.15. The number of likely N-dealkylation sites (N-methyl/N-ethyl adjacent to an activating group) is 1. The Bertz CT molecular complexity index is 1200. The van der Waals surface area contributed by atoms with Crippen LogP contribution >= 0.6 is 11.3 Å².